The molecule has 3 rings (SSSR count). The van der Waals surface area contributed by atoms with E-state index < -0.39 is 0 Å². The predicted octanol–water partition coefficient (Wildman–Crippen LogP) is 4.62. The van der Waals surface area contributed by atoms with Gasteiger partial charge in [-0.15, -0.1) is 0 Å². The van der Waals surface area contributed by atoms with E-state index >= 15 is 0 Å². The lowest BCUT2D eigenvalue weighted by molar-refractivity contribution is -0.142. The second-order valence-corrected chi connectivity index (χ2v) is 8.20. The summed E-state index contributed by atoms with van der Waals surface area (Å²) in [4.78, 5) is 11.4. The second-order valence-electron chi connectivity index (χ2n) is 8.20. The third kappa shape index (κ3) is 4.96. The van der Waals surface area contributed by atoms with Gasteiger partial charge in [0, 0.05) is 5.56 Å². The van der Waals surface area contributed by atoms with Crippen molar-refractivity contribution in [2.45, 2.75) is 70.8 Å². The molecule has 0 unspecified atom stereocenters. The van der Waals surface area contributed by atoms with Gasteiger partial charge in [0.15, 0.2) is 6.61 Å². The number of carbonyl (C=O) groups is 1. The lowest BCUT2D eigenvalue weighted by Gasteiger charge is -2.30. The molecule has 1 aromatic carbocycles. The number of benzene rings is 1. The molecule has 0 saturated carbocycles. The third-order valence-corrected chi connectivity index (χ3v) is 6.33. The summed E-state index contributed by atoms with van der Waals surface area (Å²) in [6, 6.07) is 6.07. The van der Waals surface area contributed by atoms with E-state index in [1.807, 2.05) is 12.1 Å². The fourth-order valence-electron chi connectivity index (χ4n) is 4.76. The van der Waals surface area contributed by atoms with Crippen molar-refractivity contribution in [2.75, 3.05) is 13.7 Å². The molecular weight excluding hydrogens is 352 g/mol. The summed E-state index contributed by atoms with van der Waals surface area (Å²) >= 11 is 0. The quantitative estimate of drug-likeness (QED) is 0.362. The second kappa shape index (κ2) is 10.1. The van der Waals surface area contributed by atoms with Gasteiger partial charge in [0.05, 0.1) is 13.2 Å². The van der Waals surface area contributed by atoms with Crippen molar-refractivity contribution < 1.29 is 19.4 Å². The summed E-state index contributed by atoms with van der Waals surface area (Å²) in [5.41, 5.74) is 3.78. The number of ether oxygens (including phenoxy) is 2. The predicted molar refractivity (Wildman–Crippen MR) is 110 cm³/mol. The number of aliphatic hydroxyl groups excluding tert-OH is 1. The van der Waals surface area contributed by atoms with Gasteiger partial charge in [-0.2, -0.15) is 0 Å². The van der Waals surface area contributed by atoms with Crippen molar-refractivity contribution in [1.29, 1.82) is 0 Å². The SMILES string of the molecule is CCCCCCCC[C@H]1[C@H](O)C=C2Cc3c(cccc3OCC(=O)OC)C[C@@H]21. The molecule has 1 aromatic rings. The van der Waals surface area contributed by atoms with Crippen LogP contribution in [0.1, 0.15) is 63.0 Å². The van der Waals surface area contributed by atoms with Crippen LogP contribution in [0.15, 0.2) is 29.8 Å². The normalized spacial score (nSPS) is 23.0. The van der Waals surface area contributed by atoms with Crippen LogP contribution in [0.5, 0.6) is 5.75 Å². The van der Waals surface area contributed by atoms with E-state index in [2.05, 4.69) is 23.8 Å². The lowest BCUT2D eigenvalue weighted by Crippen LogP contribution is -2.26. The maximum Gasteiger partial charge on any atom is 0.343 e. The molecule has 154 valence electrons. The summed E-state index contributed by atoms with van der Waals surface area (Å²) in [7, 11) is 1.37. The Morgan fingerprint density at radius 1 is 1.18 bits per heavy atom. The molecule has 28 heavy (non-hydrogen) atoms. The molecule has 0 heterocycles. The number of aliphatic hydroxyl groups is 1. The van der Waals surface area contributed by atoms with Crippen LogP contribution in [0, 0.1) is 11.8 Å². The Morgan fingerprint density at radius 2 is 1.96 bits per heavy atom. The number of carbonyl (C=O) groups excluding carboxylic acids is 1. The zero-order chi connectivity index (χ0) is 19.9. The third-order valence-electron chi connectivity index (χ3n) is 6.33. The summed E-state index contributed by atoms with van der Waals surface area (Å²) in [6.45, 7) is 2.17. The van der Waals surface area contributed by atoms with Crippen molar-refractivity contribution >= 4 is 5.97 Å². The molecule has 0 aliphatic heterocycles. The minimum absolute atomic E-state index is 0.0707. The maximum atomic E-state index is 11.4. The van der Waals surface area contributed by atoms with E-state index in [1.165, 1.54) is 56.8 Å². The van der Waals surface area contributed by atoms with Gasteiger partial charge in [-0.05, 0) is 42.7 Å². The molecule has 2 aliphatic rings. The van der Waals surface area contributed by atoms with Crippen molar-refractivity contribution in [2.24, 2.45) is 11.8 Å². The molecule has 0 radical (unpaired) electrons. The lowest BCUT2D eigenvalue weighted by atomic mass is 9.75. The van der Waals surface area contributed by atoms with E-state index in [9.17, 15) is 9.90 Å². The van der Waals surface area contributed by atoms with Crippen molar-refractivity contribution in [3.8, 4) is 5.75 Å². The standard InChI is InChI=1S/C24H34O4/c1-3-4-5-6-7-8-11-19-20-13-17-10-9-12-23(28-16-24(26)27-2)21(17)14-18(20)15-22(19)25/h9-10,12,15,19-20,22,25H,3-8,11,13-14,16H2,1-2H3/t19-,20+,22-/m1/s1. The van der Waals surface area contributed by atoms with Crippen LogP contribution in [0.2, 0.25) is 0 Å². The topological polar surface area (TPSA) is 55.8 Å². The zero-order valence-electron chi connectivity index (χ0n) is 17.3. The van der Waals surface area contributed by atoms with Gasteiger partial charge >= 0.3 is 5.97 Å². The van der Waals surface area contributed by atoms with Crippen molar-refractivity contribution in [3.05, 3.63) is 41.0 Å². The summed E-state index contributed by atoms with van der Waals surface area (Å²) in [6.07, 6.45) is 12.3. The molecule has 4 heteroatoms. The van der Waals surface area contributed by atoms with Crippen LogP contribution in [-0.2, 0) is 22.4 Å². The molecule has 4 nitrogen and oxygen atoms in total. The number of hydrogen-bond acceptors (Lipinski definition) is 4. The van der Waals surface area contributed by atoms with Gasteiger partial charge in [-0.25, -0.2) is 4.79 Å². The van der Waals surface area contributed by atoms with E-state index in [1.54, 1.807) is 0 Å². The van der Waals surface area contributed by atoms with E-state index in [-0.39, 0.29) is 18.7 Å². The van der Waals surface area contributed by atoms with Crippen LogP contribution in [0.3, 0.4) is 0 Å². The molecular formula is C24H34O4. The Kier molecular flexibility index (Phi) is 7.55. The average molecular weight is 387 g/mol. The molecule has 0 amide bonds. The Balaban J connectivity index is 1.61. The van der Waals surface area contributed by atoms with E-state index in [4.69, 9.17) is 4.74 Å². The van der Waals surface area contributed by atoms with E-state index in [0.29, 0.717) is 11.8 Å². The monoisotopic (exact) mass is 386 g/mol. The highest BCUT2D eigenvalue weighted by atomic mass is 16.6. The highest BCUT2D eigenvalue weighted by Crippen LogP contribution is 2.45. The first-order chi connectivity index (χ1) is 13.6. The fourth-order valence-corrected chi connectivity index (χ4v) is 4.76. The number of rotatable bonds is 10. The molecule has 0 saturated heterocycles. The number of fused-ring (bicyclic) bond motifs is 2. The highest BCUT2D eigenvalue weighted by molar-refractivity contribution is 5.71. The first kappa shape index (κ1) is 20.9. The molecule has 1 N–H and O–H groups in total. The van der Waals surface area contributed by atoms with Gasteiger partial charge in [0.2, 0.25) is 0 Å². The molecule has 0 bridgehead atoms. The van der Waals surface area contributed by atoms with Gasteiger partial charge in [0.1, 0.15) is 5.75 Å². The molecule has 3 atom stereocenters. The number of methoxy groups -OCH3 is 1. The van der Waals surface area contributed by atoms with Crippen LogP contribution < -0.4 is 4.74 Å². The largest absolute Gasteiger partial charge is 0.482 e. The number of unbranched alkanes of at least 4 members (excludes halogenated alkanes) is 5. The van der Waals surface area contributed by atoms with Crippen LogP contribution in [0.25, 0.3) is 0 Å². The zero-order valence-corrected chi connectivity index (χ0v) is 17.3. The van der Waals surface area contributed by atoms with Gasteiger partial charge < -0.3 is 14.6 Å². The van der Waals surface area contributed by atoms with Crippen LogP contribution >= 0.6 is 0 Å². The summed E-state index contributed by atoms with van der Waals surface area (Å²) < 4.78 is 10.4. The first-order valence-corrected chi connectivity index (χ1v) is 10.8. The van der Waals surface area contributed by atoms with Crippen molar-refractivity contribution in [3.63, 3.8) is 0 Å². The maximum absolute atomic E-state index is 11.4. The number of allylic oxidation sites excluding steroid dienone is 1. The van der Waals surface area contributed by atoms with Crippen LogP contribution in [0.4, 0.5) is 0 Å². The minimum Gasteiger partial charge on any atom is -0.482 e. The summed E-state index contributed by atoms with van der Waals surface area (Å²) in [5, 5.41) is 10.6. The first-order valence-electron chi connectivity index (χ1n) is 10.8. The Hall–Kier alpha value is -1.81. The minimum atomic E-state index is -0.374. The molecule has 0 aromatic heterocycles. The average Bonchev–Trinajstić information content (AvgIpc) is 3.01. The molecule has 0 spiro atoms. The molecule has 0 fully saturated rings. The fraction of sp³-hybridized carbons (Fsp3) is 0.625. The van der Waals surface area contributed by atoms with Gasteiger partial charge in [-0.1, -0.05) is 69.2 Å². The van der Waals surface area contributed by atoms with Crippen LogP contribution in [-0.4, -0.2) is 30.9 Å². The molecule has 2 aliphatic carbocycles. The van der Waals surface area contributed by atoms with Gasteiger partial charge in [-0.3, -0.25) is 0 Å². The number of hydrogen-bond donors (Lipinski definition) is 1. The number of esters is 1. The Bertz CT molecular complexity index is 694. The smallest absolute Gasteiger partial charge is 0.343 e. The van der Waals surface area contributed by atoms with Crippen molar-refractivity contribution in [1.82, 2.24) is 0 Å². The Labute approximate surface area is 168 Å². The highest BCUT2D eigenvalue weighted by Gasteiger charge is 2.39. The Morgan fingerprint density at radius 3 is 2.75 bits per heavy atom. The van der Waals surface area contributed by atoms with E-state index in [0.717, 1.165) is 30.6 Å². The van der Waals surface area contributed by atoms with Gasteiger partial charge in [0.25, 0.3) is 0 Å². The summed E-state index contributed by atoms with van der Waals surface area (Å²) in [5.74, 6) is 1.17.